The van der Waals surface area contributed by atoms with E-state index in [1.807, 2.05) is 24.3 Å². The van der Waals surface area contributed by atoms with Gasteiger partial charge in [0.2, 0.25) is 10.0 Å². The molecule has 0 heterocycles. The number of ether oxygens (including phenoxy) is 1. The van der Waals surface area contributed by atoms with Gasteiger partial charge in [0, 0.05) is 6.54 Å². The lowest BCUT2D eigenvalue weighted by atomic mass is 10.1. The average molecular weight is 258 g/mol. The number of sulfonamides is 1. The molecule has 6 heteroatoms. The van der Waals surface area contributed by atoms with E-state index in [-0.39, 0.29) is 5.75 Å². The molecule has 0 spiro atoms. The van der Waals surface area contributed by atoms with Crippen molar-refractivity contribution in [2.45, 2.75) is 6.42 Å². The molecule has 0 aliphatic heterocycles. The molecule has 0 aliphatic carbocycles. The van der Waals surface area contributed by atoms with E-state index in [2.05, 4.69) is 5.32 Å². The van der Waals surface area contributed by atoms with Gasteiger partial charge in [-0.1, -0.05) is 12.1 Å². The average Bonchev–Trinajstić information content (AvgIpc) is 2.28. The molecule has 1 aromatic carbocycles. The maximum absolute atomic E-state index is 10.7. The van der Waals surface area contributed by atoms with Gasteiger partial charge in [0.15, 0.2) is 0 Å². The van der Waals surface area contributed by atoms with Crippen LogP contribution in [0.1, 0.15) is 5.56 Å². The number of primary sulfonamides is 1. The Labute approximate surface area is 102 Å². The summed E-state index contributed by atoms with van der Waals surface area (Å²) in [7, 11) is -1.73. The molecule has 0 fully saturated rings. The van der Waals surface area contributed by atoms with E-state index in [0.29, 0.717) is 6.54 Å². The van der Waals surface area contributed by atoms with Gasteiger partial charge >= 0.3 is 0 Å². The second-order valence-electron chi connectivity index (χ2n) is 3.72. The third kappa shape index (κ3) is 6.25. The minimum atomic E-state index is -3.36. The zero-order chi connectivity index (χ0) is 12.7. The molecule has 0 unspecified atom stereocenters. The van der Waals surface area contributed by atoms with Gasteiger partial charge in [-0.2, -0.15) is 0 Å². The zero-order valence-corrected chi connectivity index (χ0v) is 10.7. The van der Waals surface area contributed by atoms with Gasteiger partial charge in [-0.3, -0.25) is 0 Å². The summed E-state index contributed by atoms with van der Waals surface area (Å²) in [4.78, 5) is 0. The topological polar surface area (TPSA) is 81.4 Å². The van der Waals surface area contributed by atoms with Crippen LogP contribution in [0.3, 0.4) is 0 Å². The minimum Gasteiger partial charge on any atom is -0.497 e. The second kappa shape index (κ2) is 6.58. The van der Waals surface area contributed by atoms with E-state index in [1.165, 1.54) is 5.56 Å². The molecule has 1 aromatic rings. The van der Waals surface area contributed by atoms with Crippen LogP contribution >= 0.6 is 0 Å². The summed E-state index contributed by atoms with van der Waals surface area (Å²) < 4.78 is 26.4. The van der Waals surface area contributed by atoms with Crippen molar-refractivity contribution in [1.82, 2.24) is 5.32 Å². The first-order valence-corrected chi connectivity index (χ1v) is 7.07. The number of hydrogen-bond acceptors (Lipinski definition) is 4. The van der Waals surface area contributed by atoms with E-state index >= 15 is 0 Å². The predicted octanol–water partition coefficient (Wildman–Crippen LogP) is 0.116. The third-order valence-corrected chi connectivity index (χ3v) is 3.09. The SMILES string of the molecule is COc1ccc(CCNCCS(N)(=O)=O)cc1. The first kappa shape index (κ1) is 14.0. The summed E-state index contributed by atoms with van der Waals surface area (Å²) in [6.45, 7) is 1.11. The third-order valence-electron chi connectivity index (χ3n) is 2.31. The summed E-state index contributed by atoms with van der Waals surface area (Å²) in [5.74, 6) is 0.797. The van der Waals surface area contributed by atoms with Gasteiger partial charge < -0.3 is 10.1 Å². The van der Waals surface area contributed by atoms with Crippen molar-refractivity contribution >= 4 is 10.0 Å². The van der Waals surface area contributed by atoms with Crippen molar-refractivity contribution in [2.75, 3.05) is 26.0 Å². The van der Waals surface area contributed by atoms with Crippen LogP contribution in [0.25, 0.3) is 0 Å². The number of rotatable bonds is 7. The minimum absolute atomic E-state index is 0.0321. The predicted molar refractivity (Wildman–Crippen MR) is 67.5 cm³/mol. The second-order valence-corrected chi connectivity index (χ2v) is 5.45. The Morgan fingerprint density at radius 1 is 1.24 bits per heavy atom. The number of methoxy groups -OCH3 is 1. The molecular weight excluding hydrogens is 240 g/mol. The molecule has 1 rings (SSSR count). The van der Waals surface area contributed by atoms with Crippen molar-refractivity contribution in [3.8, 4) is 5.75 Å². The van der Waals surface area contributed by atoms with Crippen molar-refractivity contribution in [3.05, 3.63) is 29.8 Å². The van der Waals surface area contributed by atoms with Crippen molar-refractivity contribution in [2.24, 2.45) is 5.14 Å². The number of nitrogens with two attached hydrogens (primary N) is 1. The van der Waals surface area contributed by atoms with Crippen LogP contribution < -0.4 is 15.2 Å². The highest BCUT2D eigenvalue weighted by Crippen LogP contribution is 2.11. The maximum atomic E-state index is 10.7. The summed E-state index contributed by atoms with van der Waals surface area (Å²) in [6.07, 6.45) is 0.842. The normalized spacial score (nSPS) is 11.4. The highest BCUT2D eigenvalue weighted by atomic mass is 32.2. The largest absolute Gasteiger partial charge is 0.497 e. The first-order chi connectivity index (χ1) is 8.01. The van der Waals surface area contributed by atoms with Crippen LogP contribution in [0.5, 0.6) is 5.75 Å². The highest BCUT2D eigenvalue weighted by molar-refractivity contribution is 7.89. The van der Waals surface area contributed by atoms with Crippen LogP contribution in [-0.4, -0.2) is 34.4 Å². The fourth-order valence-corrected chi connectivity index (χ4v) is 1.79. The molecule has 3 N–H and O–H groups in total. The van der Waals surface area contributed by atoms with Crippen LogP contribution in [0, 0.1) is 0 Å². The van der Waals surface area contributed by atoms with Crippen LogP contribution in [0.2, 0.25) is 0 Å². The Morgan fingerprint density at radius 2 is 1.88 bits per heavy atom. The number of hydrogen-bond donors (Lipinski definition) is 2. The summed E-state index contributed by atoms with van der Waals surface area (Å²) in [5, 5.41) is 7.91. The van der Waals surface area contributed by atoms with Crippen molar-refractivity contribution in [3.63, 3.8) is 0 Å². The van der Waals surface area contributed by atoms with Gasteiger partial charge in [0.1, 0.15) is 5.75 Å². The van der Waals surface area contributed by atoms with Gasteiger partial charge in [0.25, 0.3) is 0 Å². The smallest absolute Gasteiger partial charge is 0.210 e. The Bertz CT molecular complexity index is 429. The lowest BCUT2D eigenvalue weighted by molar-refractivity contribution is 0.414. The van der Waals surface area contributed by atoms with Crippen molar-refractivity contribution in [1.29, 1.82) is 0 Å². The fraction of sp³-hybridized carbons (Fsp3) is 0.455. The van der Waals surface area contributed by atoms with Crippen molar-refractivity contribution < 1.29 is 13.2 Å². The fourth-order valence-electron chi connectivity index (χ4n) is 1.36. The first-order valence-electron chi connectivity index (χ1n) is 5.35. The molecule has 0 radical (unpaired) electrons. The standard InChI is InChI=1S/C11H18N2O3S/c1-16-11-4-2-10(3-5-11)6-7-13-8-9-17(12,14)15/h2-5,13H,6-9H2,1H3,(H2,12,14,15). The van der Waals surface area contributed by atoms with Crippen LogP contribution in [0.4, 0.5) is 0 Å². The lowest BCUT2D eigenvalue weighted by Gasteiger charge is -2.05. The molecule has 0 aromatic heterocycles. The summed E-state index contributed by atoms with van der Waals surface area (Å²) in [5.41, 5.74) is 1.17. The van der Waals surface area contributed by atoms with E-state index in [4.69, 9.17) is 9.88 Å². The zero-order valence-electron chi connectivity index (χ0n) is 9.85. The molecule has 96 valence electrons. The van der Waals surface area contributed by atoms with E-state index in [9.17, 15) is 8.42 Å². The lowest BCUT2D eigenvalue weighted by Crippen LogP contribution is -2.28. The Kier molecular flexibility index (Phi) is 5.40. The molecular formula is C11H18N2O3S. The molecule has 0 saturated heterocycles. The van der Waals surface area contributed by atoms with E-state index in [0.717, 1.165) is 18.7 Å². The molecule has 0 amide bonds. The number of benzene rings is 1. The summed E-state index contributed by atoms with van der Waals surface area (Å²) >= 11 is 0. The highest BCUT2D eigenvalue weighted by Gasteiger charge is 2.01. The molecule has 0 bridgehead atoms. The Hall–Kier alpha value is -1.11. The van der Waals surface area contributed by atoms with E-state index in [1.54, 1.807) is 7.11 Å². The number of nitrogens with one attached hydrogen (secondary N) is 1. The Balaban J connectivity index is 2.22. The van der Waals surface area contributed by atoms with Gasteiger partial charge in [-0.05, 0) is 30.7 Å². The molecule has 0 saturated carbocycles. The monoisotopic (exact) mass is 258 g/mol. The molecule has 17 heavy (non-hydrogen) atoms. The molecule has 5 nitrogen and oxygen atoms in total. The maximum Gasteiger partial charge on any atom is 0.210 e. The van der Waals surface area contributed by atoms with E-state index < -0.39 is 10.0 Å². The molecule has 0 aliphatic rings. The van der Waals surface area contributed by atoms with Crippen LogP contribution in [0.15, 0.2) is 24.3 Å². The quantitative estimate of drug-likeness (QED) is 0.680. The summed E-state index contributed by atoms with van der Waals surface area (Å²) in [6, 6.07) is 7.78. The molecule has 0 atom stereocenters. The van der Waals surface area contributed by atoms with Gasteiger partial charge in [0.05, 0.1) is 12.9 Å². The van der Waals surface area contributed by atoms with Gasteiger partial charge in [-0.15, -0.1) is 0 Å². The Morgan fingerprint density at radius 3 is 2.41 bits per heavy atom. The van der Waals surface area contributed by atoms with Crippen LogP contribution in [-0.2, 0) is 16.4 Å². The van der Waals surface area contributed by atoms with Gasteiger partial charge in [-0.25, -0.2) is 13.6 Å².